The lowest BCUT2D eigenvalue weighted by Gasteiger charge is -2.22. The van der Waals surface area contributed by atoms with Gasteiger partial charge in [-0.25, -0.2) is 0 Å². The maximum absolute atomic E-state index is 11.6. The van der Waals surface area contributed by atoms with Crippen molar-refractivity contribution in [2.45, 2.75) is 91.4 Å². The van der Waals surface area contributed by atoms with Crippen molar-refractivity contribution < 1.29 is 9.90 Å². The number of carbonyl (C=O) groups is 1. The highest BCUT2D eigenvalue weighted by Gasteiger charge is 2.24. The molecule has 2 atom stereocenters. The molecular weight excluding hydrogens is 274 g/mol. The molecule has 0 aromatic heterocycles. The molecule has 0 aliphatic heterocycles. The highest BCUT2D eigenvalue weighted by molar-refractivity contribution is 5.76. The molecule has 1 amide bonds. The van der Waals surface area contributed by atoms with Crippen molar-refractivity contribution in [3.05, 3.63) is 0 Å². The van der Waals surface area contributed by atoms with Gasteiger partial charge < -0.3 is 10.8 Å². The Morgan fingerprint density at radius 3 is 1.91 bits per heavy atom. The van der Waals surface area contributed by atoms with Crippen molar-refractivity contribution in [1.82, 2.24) is 0 Å². The van der Waals surface area contributed by atoms with E-state index in [1.807, 2.05) is 0 Å². The van der Waals surface area contributed by atoms with Gasteiger partial charge in [-0.15, -0.1) is 0 Å². The van der Waals surface area contributed by atoms with Crippen LogP contribution in [0, 0.1) is 17.8 Å². The molecule has 0 spiro atoms. The second-order valence-corrected chi connectivity index (χ2v) is 7.19. The lowest BCUT2D eigenvalue weighted by Crippen LogP contribution is -2.32. The van der Waals surface area contributed by atoms with Crippen molar-refractivity contribution in [2.24, 2.45) is 23.5 Å². The third kappa shape index (κ3) is 11.1. The number of carbonyl (C=O) groups excluding carboxylic acids is 1. The minimum atomic E-state index is -0.230. The highest BCUT2D eigenvalue weighted by Crippen LogP contribution is 2.24. The van der Waals surface area contributed by atoms with Crippen LogP contribution < -0.4 is 5.73 Å². The lowest BCUT2D eigenvalue weighted by molar-refractivity contribution is -0.124. The fourth-order valence-corrected chi connectivity index (χ4v) is 3.12. The van der Waals surface area contributed by atoms with Crippen LogP contribution in [-0.2, 0) is 4.79 Å². The maximum atomic E-state index is 11.6. The molecule has 0 saturated carbocycles. The van der Waals surface area contributed by atoms with Crippen LogP contribution >= 0.6 is 0 Å². The minimum Gasteiger partial charge on any atom is -0.396 e. The van der Waals surface area contributed by atoms with E-state index in [0.29, 0.717) is 0 Å². The lowest BCUT2D eigenvalue weighted by atomic mass is 9.84. The Labute approximate surface area is 138 Å². The molecule has 0 saturated heterocycles. The van der Waals surface area contributed by atoms with E-state index in [0.717, 1.165) is 38.0 Å². The Morgan fingerprint density at radius 2 is 1.45 bits per heavy atom. The first kappa shape index (κ1) is 21.4. The van der Waals surface area contributed by atoms with Gasteiger partial charge in [0.2, 0.25) is 5.91 Å². The molecule has 3 heteroatoms. The molecule has 0 rings (SSSR count). The maximum Gasteiger partial charge on any atom is 0.220 e. The van der Waals surface area contributed by atoms with Crippen LogP contribution in [0.3, 0.4) is 0 Å². The Balaban J connectivity index is 3.84. The normalized spacial score (nSPS) is 14.2. The summed E-state index contributed by atoms with van der Waals surface area (Å²) in [6.45, 7) is 6.77. The molecule has 2 unspecified atom stereocenters. The number of aliphatic hydroxyl groups excluding tert-OH is 1. The van der Waals surface area contributed by atoms with E-state index in [4.69, 9.17) is 5.73 Å². The summed E-state index contributed by atoms with van der Waals surface area (Å²) in [6, 6.07) is 0. The molecular formula is C19H39NO2. The average molecular weight is 314 g/mol. The highest BCUT2D eigenvalue weighted by atomic mass is 16.3. The zero-order valence-electron chi connectivity index (χ0n) is 15.2. The summed E-state index contributed by atoms with van der Waals surface area (Å²) in [5, 5.41) is 9.51. The minimum absolute atomic E-state index is 0.0588. The smallest absolute Gasteiger partial charge is 0.220 e. The van der Waals surface area contributed by atoms with Gasteiger partial charge in [-0.1, -0.05) is 78.6 Å². The van der Waals surface area contributed by atoms with Crippen LogP contribution in [0.25, 0.3) is 0 Å². The zero-order chi connectivity index (χ0) is 16.8. The first-order chi connectivity index (χ1) is 10.5. The molecule has 3 nitrogen and oxygen atoms in total. The fourth-order valence-electron chi connectivity index (χ4n) is 3.12. The van der Waals surface area contributed by atoms with Gasteiger partial charge in [-0.3, -0.25) is 4.79 Å². The van der Waals surface area contributed by atoms with Gasteiger partial charge in [0.25, 0.3) is 0 Å². The van der Waals surface area contributed by atoms with Crippen LogP contribution in [0.15, 0.2) is 0 Å². The van der Waals surface area contributed by atoms with Crippen molar-refractivity contribution in [1.29, 1.82) is 0 Å². The first-order valence-corrected chi connectivity index (χ1v) is 9.43. The molecule has 0 aromatic rings. The third-order valence-electron chi connectivity index (χ3n) is 4.64. The SMILES string of the molecule is CCCCC(CO)C(CCCCCCCCC(C)C)C(N)=O. The molecule has 0 fully saturated rings. The Hall–Kier alpha value is -0.570. The summed E-state index contributed by atoms with van der Waals surface area (Å²) < 4.78 is 0. The van der Waals surface area contributed by atoms with Crippen LogP contribution in [0.1, 0.15) is 91.4 Å². The molecule has 0 heterocycles. The molecule has 132 valence electrons. The van der Waals surface area contributed by atoms with Gasteiger partial charge in [0.1, 0.15) is 0 Å². The van der Waals surface area contributed by atoms with E-state index in [-0.39, 0.29) is 24.3 Å². The average Bonchev–Trinajstić information content (AvgIpc) is 2.47. The standard InChI is InChI=1S/C19H39NO2/c1-4-5-13-17(15-21)18(19(20)22)14-11-9-7-6-8-10-12-16(2)3/h16-18,21H,4-15H2,1-3H3,(H2,20,22). The summed E-state index contributed by atoms with van der Waals surface area (Å²) >= 11 is 0. The first-order valence-electron chi connectivity index (χ1n) is 9.43. The molecule has 0 aliphatic carbocycles. The van der Waals surface area contributed by atoms with E-state index < -0.39 is 0 Å². The summed E-state index contributed by atoms with van der Waals surface area (Å²) in [7, 11) is 0. The van der Waals surface area contributed by atoms with E-state index in [1.165, 1.54) is 38.5 Å². The number of aliphatic hydroxyl groups is 1. The second kappa shape index (κ2) is 14.0. The number of hydrogen-bond acceptors (Lipinski definition) is 2. The van der Waals surface area contributed by atoms with Crippen molar-refractivity contribution >= 4 is 5.91 Å². The largest absolute Gasteiger partial charge is 0.396 e. The predicted octanol–water partition coefficient (Wildman–Crippen LogP) is 4.66. The number of rotatable bonds is 15. The zero-order valence-corrected chi connectivity index (χ0v) is 15.2. The van der Waals surface area contributed by atoms with Crippen molar-refractivity contribution in [3.8, 4) is 0 Å². The topological polar surface area (TPSA) is 63.3 Å². The van der Waals surface area contributed by atoms with Crippen LogP contribution in [0.2, 0.25) is 0 Å². The number of unbranched alkanes of at least 4 members (excludes halogenated alkanes) is 6. The number of nitrogens with two attached hydrogens (primary N) is 1. The third-order valence-corrected chi connectivity index (χ3v) is 4.64. The second-order valence-electron chi connectivity index (χ2n) is 7.19. The van der Waals surface area contributed by atoms with E-state index in [1.54, 1.807) is 0 Å². The molecule has 0 aromatic carbocycles. The van der Waals surface area contributed by atoms with E-state index >= 15 is 0 Å². The van der Waals surface area contributed by atoms with E-state index in [9.17, 15) is 9.90 Å². The van der Waals surface area contributed by atoms with Gasteiger partial charge in [-0.05, 0) is 24.7 Å². The number of primary amides is 1. The monoisotopic (exact) mass is 313 g/mol. The molecule has 3 N–H and O–H groups in total. The van der Waals surface area contributed by atoms with Crippen LogP contribution in [0.4, 0.5) is 0 Å². The van der Waals surface area contributed by atoms with Crippen molar-refractivity contribution in [2.75, 3.05) is 6.61 Å². The van der Waals surface area contributed by atoms with Crippen molar-refractivity contribution in [3.63, 3.8) is 0 Å². The van der Waals surface area contributed by atoms with Gasteiger partial charge in [0.15, 0.2) is 0 Å². The van der Waals surface area contributed by atoms with Gasteiger partial charge >= 0.3 is 0 Å². The molecule has 0 aliphatic rings. The predicted molar refractivity (Wildman–Crippen MR) is 94.6 cm³/mol. The fraction of sp³-hybridized carbons (Fsp3) is 0.947. The Bertz CT molecular complexity index is 266. The van der Waals surface area contributed by atoms with Gasteiger partial charge in [0, 0.05) is 12.5 Å². The summed E-state index contributed by atoms with van der Waals surface area (Å²) in [6.07, 6.45) is 12.7. The Kier molecular flexibility index (Phi) is 13.7. The molecule has 0 bridgehead atoms. The van der Waals surface area contributed by atoms with E-state index in [2.05, 4.69) is 20.8 Å². The Morgan fingerprint density at radius 1 is 0.909 bits per heavy atom. The van der Waals surface area contributed by atoms with Crippen LogP contribution in [-0.4, -0.2) is 17.6 Å². The quantitative estimate of drug-likeness (QED) is 0.432. The van der Waals surface area contributed by atoms with Gasteiger partial charge in [-0.2, -0.15) is 0 Å². The van der Waals surface area contributed by atoms with Gasteiger partial charge in [0.05, 0.1) is 0 Å². The molecule has 0 radical (unpaired) electrons. The molecule has 22 heavy (non-hydrogen) atoms. The van der Waals surface area contributed by atoms with Crippen LogP contribution in [0.5, 0.6) is 0 Å². The summed E-state index contributed by atoms with van der Waals surface area (Å²) in [5.41, 5.74) is 5.54. The summed E-state index contributed by atoms with van der Waals surface area (Å²) in [5.74, 6) is 0.503. The number of amides is 1. The summed E-state index contributed by atoms with van der Waals surface area (Å²) in [4.78, 5) is 11.6. The number of hydrogen-bond donors (Lipinski definition) is 2.